The minimum atomic E-state index is -0.585. The molecule has 0 aliphatic rings. The number of phenols is 3. The molecule has 0 saturated heterocycles. The number of rotatable bonds is 2. The van der Waals surface area contributed by atoms with E-state index >= 15 is 0 Å². The highest BCUT2D eigenvalue weighted by molar-refractivity contribution is 6.01. The zero-order chi connectivity index (χ0) is 14.3. The van der Waals surface area contributed by atoms with Crippen LogP contribution in [0.25, 0.3) is 16.8 Å². The van der Waals surface area contributed by atoms with Crippen LogP contribution in [0.3, 0.4) is 0 Å². The van der Waals surface area contributed by atoms with E-state index in [1.165, 1.54) is 18.2 Å². The van der Waals surface area contributed by atoms with Gasteiger partial charge in [0.15, 0.2) is 11.5 Å². The molecule has 0 spiro atoms. The second kappa shape index (κ2) is 4.46. The van der Waals surface area contributed by atoms with Crippen molar-refractivity contribution in [2.45, 2.75) is 19.8 Å². The topological polar surface area (TPSA) is 60.7 Å². The molecule has 0 aromatic heterocycles. The summed E-state index contributed by atoms with van der Waals surface area (Å²) < 4.78 is 13.8. The van der Waals surface area contributed by atoms with Crippen LogP contribution in [0.5, 0.6) is 17.2 Å². The van der Waals surface area contributed by atoms with Crippen LogP contribution in [0.4, 0.5) is 4.39 Å². The Hall–Kier alpha value is -2.23. The molecule has 3 N–H and O–H groups in total. The quantitative estimate of drug-likeness (QED) is 0.720. The second-order valence-electron chi connectivity index (χ2n) is 4.70. The van der Waals surface area contributed by atoms with E-state index in [1.54, 1.807) is 0 Å². The SMILES string of the molecule is C=Cc1c(F)ccc2c(O)c(O)c(O)c(C(C)C)c12. The van der Waals surface area contributed by atoms with Gasteiger partial charge in [0, 0.05) is 21.9 Å². The van der Waals surface area contributed by atoms with Crippen molar-refractivity contribution in [3.63, 3.8) is 0 Å². The Balaban J connectivity index is 3.13. The summed E-state index contributed by atoms with van der Waals surface area (Å²) in [5.41, 5.74) is 0.589. The van der Waals surface area contributed by atoms with Crippen molar-refractivity contribution < 1.29 is 19.7 Å². The van der Waals surface area contributed by atoms with Crippen molar-refractivity contribution in [2.24, 2.45) is 0 Å². The Morgan fingerprint density at radius 3 is 2.26 bits per heavy atom. The number of halogens is 1. The van der Waals surface area contributed by atoms with E-state index < -0.39 is 23.1 Å². The van der Waals surface area contributed by atoms with Crippen LogP contribution in [-0.4, -0.2) is 15.3 Å². The fourth-order valence-corrected chi connectivity index (χ4v) is 2.33. The molecule has 2 aromatic rings. The fraction of sp³-hybridized carbons (Fsp3) is 0.200. The molecule has 0 aliphatic heterocycles. The zero-order valence-corrected chi connectivity index (χ0v) is 10.7. The third-order valence-electron chi connectivity index (χ3n) is 3.20. The van der Waals surface area contributed by atoms with Gasteiger partial charge in [-0.2, -0.15) is 0 Å². The van der Waals surface area contributed by atoms with Crippen molar-refractivity contribution in [3.8, 4) is 17.2 Å². The van der Waals surface area contributed by atoms with Gasteiger partial charge in [-0.25, -0.2) is 4.39 Å². The molecule has 0 amide bonds. The highest BCUT2D eigenvalue weighted by Crippen LogP contribution is 2.48. The van der Waals surface area contributed by atoms with E-state index in [-0.39, 0.29) is 16.9 Å². The molecule has 3 nitrogen and oxygen atoms in total. The summed E-state index contributed by atoms with van der Waals surface area (Å²) in [4.78, 5) is 0. The van der Waals surface area contributed by atoms with E-state index in [9.17, 15) is 19.7 Å². The third-order valence-corrected chi connectivity index (χ3v) is 3.20. The summed E-state index contributed by atoms with van der Waals surface area (Å²) in [6, 6.07) is 2.57. The van der Waals surface area contributed by atoms with Crippen molar-refractivity contribution in [1.82, 2.24) is 0 Å². The summed E-state index contributed by atoms with van der Waals surface area (Å²) in [6.45, 7) is 7.17. The molecular weight excluding hydrogens is 247 g/mol. The maximum Gasteiger partial charge on any atom is 0.201 e. The predicted octanol–water partition coefficient (Wildman–Crippen LogP) is 3.86. The van der Waals surface area contributed by atoms with Gasteiger partial charge in [0.25, 0.3) is 0 Å². The zero-order valence-electron chi connectivity index (χ0n) is 10.7. The maximum absolute atomic E-state index is 13.8. The summed E-state index contributed by atoms with van der Waals surface area (Å²) in [7, 11) is 0. The first-order valence-corrected chi connectivity index (χ1v) is 5.91. The normalized spacial score (nSPS) is 11.2. The van der Waals surface area contributed by atoms with Gasteiger partial charge in [0.1, 0.15) is 5.82 Å². The van der Waals surface area contributed by atoms with E-state index in [2.05, 4.69) is 6.58 Å². The van der Waals surface area contributed by atoms with Crippen LogP contribution in [0.2, 0.25) is 0 Å². The third kappa shape index (κ3) is 1.80. The number of phenolic OH excluding ortho intramolecular Hbond substituents is 3. The molecule has 0 aliphatic carbocycles. The summed E-state index contributed by atoms with van der Waals surface area (Å²) in [6.07, 6.45) is 1.33. The van der Waals surface area contributed by atoms with Gasteiger partial charge >= 0.3 is 0 Å². The van der Waals surface area contributed by atoms with E-state index in [0.29, 0.717) is 10.9 Å². The van der Waals surface area contributed by atoms with E-state index in [0.717, 1.165) is 0 Å². The molecule has 2 rings (SSSR count). The van der Waals surface area contributed by atoms with Gasteiger partial charge in [-0.1, -0.05) is 26.5 Å². The molecule has 0 unspecified atom stereocenters. The molecule has 2 aromatic carbocycles. The molecular formula is C15H15FO3. The van der Waals surface area contributed by atoms with Crippen LogP contribution < -0.4 is 0 Å². The molecule has 0 radical (unpaired) electrons. The molecule has 19 heavy (non-hydrogen) atoms. The Morgan fingerprint density at radius 1 is 1.11 bits per heavy atom. The highest BCUT2D eigenvalue weighted by atomic mass is 19.1. The largest absolute Gasteiger partial charge is 0.504 e. The van der Waals surface area contributed by atoms with E-state index in [4.69, 9.17) is 0 Å². The maximum atomic E-state index is 13.8. The van der Waals surface area contributed by atoms with Crippen LogP contribution in [0.15, 0.2) is 18.7 Å². The van der Waals surface area contributed by atoms with Crippen LogP contribution >= 0.6 is 0 Å². The van der Waals surface area contributed by atoms with Gasteiger partial charge in [-0.15, -0.1) is 0 Å². The summed E-state index contributed by atoms with van der Waals surface area (Å²) >= 11 is 0. The van der Waals surface area contributed by atoms with Crippen molar-refractivity contribution >= 4 is 16.8 Å². The number of aromatic hydroxyl groups is 3. The first-order valence-electron chi connectivity index (χ1n) is 5.91. The van der Waals surface area contributed by atoms with Gasteiger partial charge in [-0.05, 0) is 18.1 Å². The second-order valence-corrected chi connectivity index (χ2v) is 4.70. The van der Waals surface area contributed by atoms with E-state index in [1.807, 2.05) is 13.8 Å². The van der Waals surface area contributed by atoms with Crippen LogP contribution in [0, 0.1) is 5.82 Å². The first kappa shape index (κ1) is 13.2. The fourth-order valence-electron chi connectivity index (χ4n) is 2.33. The number of hydrogen-bond acceptors (Lipinski definition) is 3. The first-order chi connectivity index (χ1) is 8.90. The van der Waals surface area contributed by atoms with Gasteiger partial charge < -0.3 is 15.3 Å². The number of fused-ring (bicyclic) bond motifs is 1. The molecule has 0 fully saturated rings. The van der Waals surface area contributed by atoms with Gasteiger partial charge in [0.05, 0.1) is 0 Å². The lowest BCUT2D eigenvalue weighted by Crippen LogP contribution is -1.96. The van der Waals surface area contributed by atoms with Gasteiger partial charge in [-0.3, -0.25) is 0 Å². The molecule has 0 saturated carbocycles. The molecule has 0 bridgehead atoms. The standard InChI is InChI=1S/C15H15FO3/c1-4-8-10(16)6-5-9-12(8)11(7(2)3)14(18)15(19)13(9)17/h4-7,17-19H,1H2,2-3H3. The van der Waals surface area contributed by atoms with Crippen molar-refractivity contribution in [3.05, 3.63) is 35.7 Å². The monoisotopic (exact) mass is 262 g/mol. The molecule has 0 heterocycles. The predicted molar refractivity (Wildman–Crippen MR) is 73.1 cm³/mol. The van der Waals surface area contributed by atoms with Gasteiger partial charge in [0.2, 0.25) is 5.75 Å². The minimum absolute atomic E-state index is 0.158. The molecule has 4 heteroatoms. The number of benzene rings is 2. The smallest absolute Gasteiger partial charge is 0.201 e. The Bertz CT molecular complexity index is 675. The Labute approximate surface area is 110 Å². The Kier molecular flexibility index (Phi) is 3.10. The van der Waals surface area contributed by atoms with Crippen LogP contribution in [-0.2, 0) is 0 Å². The lowest BCUT2D eigenvalue weighted by molar-refractivity contribution is 0.367. The summed E-state index contributed by atoms with van der Waals surface area (Å²) in [5, 5.41) is 30.3. The highest BCUT2D eigenvalue weighted by Gasteiger charge is 2.22. The lowest BCUT2D eigenvalue weighted by atomic mass is 9.90. The summed E-state index contributed by atoms with van der Waals surface area (Å²) in [5.74, 6) is -2.12. The van der Waals surface area contributed by atoms with Crippen molar-refractivity contribution in [2.75, 3.05) is 0 Å². The lowest BCUT2D eigenvalue weighted by Gasteiger charge is -2.17. The number of hydrogen-bond donors (Lipinski definition) is 3. The average Bonchev–Trinajstić information content (AvgIpc) is 2.36. The van der Waals surface area contributed by atoms with Crippen molar-refractivity contribution in [1.29, 1.82) is 0 Å². The minimum Gasteiger partial charge on any atom is -0.504 e. The average molecular weight is 262 g/mol. The molecule has 100 valence electrons. The molecule has 0 atom stereocenters. The van der Waals surface area contributed by atoms with Crippen LogP contribution in [0.1, 0.15) is 30.9 Å². The Morgan fingerprint density at radius 2 is 1.74 bits per heavy atom.